The smallest absolute Gasteiger partial charge is 0.260 e. The highest BCUT2D eigenvalue weighted by Crippen LogP contribution is 2.42. The number of amides is 1. The van der Waals surface area contributed by atoms with Crippen LogP contribution in [0.2, 0.25) is 0 Å². The topological polar surface area (TPSA) is 50.5 Å². The van der Waals surface area contributed by atoms with Gasteiger partial charge in [-0.3, -0.25) is 4.79 Å². The first-order valence-electron chi connectivity index (χ1n) is 11.1. The van der Waals surface area contributed by atoms with Crippen LogP contribution in [0.3, 0.4) is 0 Å². The second kappa shape index (κ2) is 7.34. The van der Waals surface area contributed by atoms with E-state index in [0.29, 0.717) is 17.3 Å². The molecule has 1 unspecified atom stereocenters. The van der Waals surface area contributed by atoms with Crippen molar-refractivity contribution in [2.45, 2.75) is 44.2 Å². The van der Waals surface area contributed by atoms with Crippen molar-refractivity contribution in [2.75, 3.05) is 0 Å². The van der Waals surface area contributed by atoms with Crippen molar-refractivity contribution in [1.82, 2.24) is 19.5 Å². The average molecular weight is 409 g/mol. The van der Waals surface area contributed by atoms with E-state index in [-0.39, 0.29) is 11.9 Å². The molecule has 154 valence electrons. The monoisotopic (exact) mass is 408 g/mol. The number of nitrogens with zero attached hydrogens (tertiary/aromatic N) is 4. The molecule has 31 heavy (non-hydrogen) atoms. The Morgan fingerprint density at radius 3 is 2.61 bits per heavy atom. The molecule has 0 bridgehead atoms. The van der Waals surface area contributed by atoms with Crippen LogP contribution in [0.15, 0.2) is 73.1 Å². The highest BCUT2D eigenvalue weighted by molar-refractivity contribution is 6.00. The summed E-state index contributed by atoms with van der Waals surface area (Å²) in [7, 11) is 0. The number of rotatable bonds is 4. The largest absolute Gasteiger partial charge is 0.328 e. The first kappa shape index (κ1) is 18.3. The van der Waals surface area contributed by atoms with E-state index in [1.807, 2.05) is 36.4 Å². The molecule has 1 atom stereocenters. The Bertz CT molecular complexity index is 1260. The van der Waals surface area contributed by atoms with Gasteiger partial charge in [0.05, 0.1) is 17.9 Å². The third-order valence-corrected chi connectivity index (χ3v) is 6.55. The SMILES string of the molecule is O=C(c1cnn2c(-c3ccccc3)ccnc12)N(C1CC1)C1CCCc2ccccc21. The molecule has 6 rings (SSSR count). The van der Waals surface area contributed by atoms with Gasteiger partial charge in [0.1, 0.15) is 5.56 Å². The summed E-state index contributed by atoms with van der Waals surface area (Å²) in [5, 5.41) is 4.57. The maximum Gasteiger partial charge on any atom is 0.260 e. The van der Waals surface area contributed by atoms with Gasteiger partial charge in [0.2, 0.25) is 0 Å². The second-order valence-electron chi connectivity index (χ2n) is 8.54. The number of fused-ring (bicyclic) bond motifs is 2. The summed E-state index contributed by atoms with van der Waals surface area (Å²) in [6.45, 7) is 0. The van der Waals surface area contributed by atoms with E-state index in [2.05, 4.69) is 39.2 Å². The Morgan fingerprint density at radius 1 is 0.968 bits per heavy atom. The molecule has 2 aromatic heterocycles. The zero-order valence-corrected chi connectivity index (χ0v) is 17.3. The van der Waals surface area contributed by atoms with Crippen molar-refractivity contribution in [3.05, 3.63) is 89.7 Å². The Hall–Kier alpha value is -3.47. The fourth-order valence-electron chi connectivity index (χ4n) is 4.94. The normalized spacial score (nSPS) is 18.0. The van der Waals surface area contributed by atoms with Gasteiger partial charge in [0.25, 0.3) is 5.91 Å². The van der Waals surface area contributed by atoms with Crippen LogP contribution in [0, 0.1) is 0 Å². The molecule has 2 aromatic carbocycles. The molecular weight excluding hydrogens is 384 g/mol. The predicted molar refractivity (Wildman–Crippen MR) is 120 cm³/mol. The molecule has 1 fully saturated rings. The lowest BCUT2D eigenvalue weighted by Crippen LogP contribution is -2.38. The maximum atomic E-state index is 13.9. The molecule has 0 radical (unpaired) electrons. The number of aromatic nitrogens is 3. The van der Waals surface area contributed by atoms with Crippen LogP contribution in [0.5, 0.6) is 0 Å². The molecule has 2 aliphatic carbocycles. The third-order valence-electron chi connectivity index (χ3n) is 6.55. The maximum absolute atomic E-state index is 13.9. The molecule has 5 heteroatoms. The molecule has 1 amide bonds. The van der Waals surface area contributed by atoms with Crippen molar-refractivity contribution in [2.24, 2.45) is 0 Å². The van der Waals surface area contributed by atoms with Crippen LogP contribution in [0.4, 0.5) is 0 Å². The van der Waals surface area contributed by atoms with Gasteiger partial charge in [-0.05, 0) is 49.3 Å². The lowest BCUT2D eigenvalue weighted by Gasteiger charge is -2.36. The van der Waals surface area contributed by atoms with Gasteiger partial charge in [-0.25, -0.2) is 9.50 Å². The Balaban J connectivity index is 1.42. The number of carbonyl (C=O) groups is 1. The average Bonchev–Trinajstić information content (AvgIpc) is 3.56. The summed E-state index contributed by atoms with van der Waals surface area (Å²) < 4.78 is 1.79. The van der Waals surface area contributed by atoms with Crippen LogP contribution in [-0.2, 0) is 6.42 Å². The standard InChI is InChI=1S/C26H24N4O/c31-26(29(20-13-14-20)24-12-6-10-18-7-4-5-11-21(18)24)22-17-28-30-23(15-16-27-25(22)30)19-8-2-1-3-9-19/h1-5,7-9,11,15-17,20,24H,6,10,12-14H2. The lowest BCUT2D eigenvalue weighted by molar-refractivity contribution is 0.0639. The van der Waals surface area contributed by atoms with Crippen molar-refractivity contribution < 1.29 is 4.79 Å². The van der Waals surface area contributed by atoms with Crippen LogP contribution in [-0.4, -0.2) is 31.4 Å². The first-order valence-corrected chi connectivity index (χ1v) is 11.1. The van der Waals surface area contributed by atoms with Crippen LogP contribution in [0.1, 0.15) is 53.2 Å². The molecule has 0 N–H and O–H groups in total. The summed E-state index contributed by atoms with van der Waals surface area (Å²) in [5.41, 5.74) is 5.89. The van der Waals surface area contributed by atoms with Crippen LogP contribution in [0.25, 0.3) is 16.9 Å². The molecule has 4 aromatic rings. The second-order valence-corrected chi connectivity index (χ2v) is 8.54. The van der Waals surface area contributed by atoms with E-state index in [0.717, 1.165) is 43.4 Å². The van der Waals surface area contributed by atoms with Gasteiger partial charge in [0.15, 0.2) is 5.65 Å². The van der Waals surface area contributed by atoms with Crippen molar-refractivity contribution in [1.29, 1.82) is 0 Å². The molecule has 1 saturated carbocycles. The van der Waals surface area contributed by atoms with Gasteiger partial charge < -0.3 is 4.90 Å². The van der Waals surface area contributed by atoms with E-state index in [1.54, 1.807) is 16.9 Å². The van der Waals surface area contributed by atoms with Gasteiger partial charge in [0, 0.05) is 17.8 Å². The summed E-state index contributed by atoms with van der Waals surface area (Å²) in [6, 6.07) is 21.1. The first-order chi connectivity index (χ1) is 15.3. The molecule has 2 heterocycles. The molecule has 5 nitrogen and oxygen atoms in total. The molecular formula is C26H24N4O. The number of hydrogen-bond acceptors (Lipinski definition) is 3. The number of benzene rings is 2. The summed E-state index contributed by atoms with van der Waals surface area (Å²) in [6.07, 6.45) is 8.84. The Kier molecular flexibility index (Phi) is 4.34. The quantitative estimate of drug-likeness (QED) is 0.473. The van der Waals surface area contributed by atoms with Crippen molar-refractivity contribution >= 4 is 11.6 Å². The van der Waals surface area contributed by atoms with Crippen LogP contribution < -0.4 is 0 Å². The highest BCUT2D eigenvalue weighted by atomic mass is 16.2. The molecule has 2 aliphatic rings. The fraction of sp³-hybridized carbons (Fsp3) is 0.269. The zero-order valence-electron chi connectivity index (χ0n) is 17.3. The highest BCUT2D eigenvalue weighted by Gasteiger charge is 2.40. The van der Waals surface area contributed by atoms with Gasteiger partial charge >= 0.3 is 0 Å². The Labute approximate surface area is 181 Å². The van der Waals surface area contributed by atoms with Gasteiger partial charge in [-0.1, -0.05) is 54.6 Å². The van der Waals surface area contributed by atoms with E-state index in [4.69, 9.17) is 0 Å². The van der Waals surface area contributed by atoms with E-state index >= 15 is 0 Å². The predicted octanol–water partition coefficient (Wildman–Crippen LogP) is 5.08. The van der Waals surface area contributed by atoms with Crippen molar-refractivity contribution in [3.63, 3.8) is 0 Å². The zero-order chi connectivity index (χ0) is 20.8. The summed E-state index contributed by atoms with van der Waals surface area (Å²) in [4.78, 5) is 20.6. The van der Waals surface area contributed by atoms with E-state index in [9.17, 15) is 4.79 Å². The minimum absolute atomic E-state index is 0.0527. The van der Waals surface area contributed by atoms with Gasteiger partial charge in [-0.15, -0.1) is 0 Å². The molecule has 0 aliphatic heterocycles. The lowest BCUT2D eigenvalue weighted by atomic mass is 9.86. The minimum Gasteiger partial charge on any atom is -0.328 e. The van der Waals surface area contributed by atoms with Crippen LogP contribution >= 0.6 is 0 Å². The van der Waals surface area contributed by atoms with Crippen molar-refractivity contribution in [3.8, 4) is 11.3 Å². The Morgan fingerprint density at radius 2 is 1.77 bits per heavy atom. The van der Waals surface area contributed by atoms with E-state index in [1.165, 1.54) is 11.1 Å². The number of hydrogen-bond donors (Lipinski definition) is 0. The molecule has 0 saturated heterocycles. The summed E-state index contributed by atoms with van der Waals surface area (Å²) in [5.74, 6) is 0.0527. The number of aryl methyl sites for hydroxylation is 1. The fourth-order valence-corrected chi connectivity index (χ4v) is 4.94. The van der Waals surface area contributed by atoms with Gasteiger partial charge in [-0.2, -0.15) is 5.10 Å². The number of carbonyl (C=O) groups excluding carboxylic acids is 1. The minimum atomic E-state index is 0.0527. The summed E-state index contributed by atoms with van der Waals surface area (Å²) >= 11 is 0. The van der Waals surface area contributed by atoms with E-state index < -0.39 is 0 Å². The molecule has 0 spiro atoms. The third kappa shape index (κ3) is 3.12.